The van der Waals surface area contributed by atoms with Crippen LogP contribution in [0.2, 0.25) is 0 Å². The summed E-state index contributed by atoms with van der Waals surface area (Å²) in [4.78, 5) is 3.98. The molecule has 7 heteroatoms. The monoisotopic (exact) mass is 344 g/mol. The Balaban J connectivity index is 2.12. The van der Waals surface area contributed by atoms with Crippen LogP contribution in [0.5, 0.6) is 0 Å². The quantitative estimate of drug-likeness (QED) is 0.862. The van der Waals surface area contributed by atoms with E-state index in [1.165, 1.54) is 12.1 Å². The summed E-state index contributed by atoms with van der Waals surface area (Å²) in [6.07, 6.45) is 0. The van der Waals surface area contributed by atoms with Crippen LogP contribution in [0.15, 0.2) is 53.4 Å². The Morgan fingerprint density at radius 3 is 2.25 bits per heavy atom. The Labute approximate surface area is 142 Å². The molecule has 0 aliphatic carbocycles. The van der Waals surface area contributed by atoms with Crippen LogP contribution in [0.1, 0.15) is 5.56 Å². The molecule has 0 spiro atoms. The van der Waals surface area contributed by atoms with Crippen molar-refractivity contribution in [3.05, 3.63) is 54.1 Å². The second-order valence-electron chi connectivity index (χ2n) is 5.51. The van der Waals surface area contributed by atoms with Gasteiger partial charge in [-0.15, -0.1) is 0 Å². The molecule has 2 N–H and O–H groups in total. The molecule has 0 atom stereocenters. The molecule has 0 saturated carbocycles. The van der Waals surface area contributed by atoms with Crippen LogP contribution in [-0.2, 0) is 10.0 Å². The summed E-state index contributed by atoms with van der Waals surface area (Å²) in [6.45, 7) is 1.43. The minimum absolute atomic E-state index is 0.0578. The maximum Gasteiger partial charge on any atom is 0.238 e. The minimum atomic E-state index is -3.82. The van der Waals surface area contributed by atoms with E-state index in [1.807, 2.05) is 55.4 Å². The number of benzene rings is 2. The average molecular weight is 344 g/mol. The normalized spacial score (nSPS) is 10.9. The first-order valence-corrected chi connectivity index (χ1v) is 8.92. The van der Waals surface area contributed by atoms with Crippen molar-refractivity contribution in [1.29, 1.82) is 5.26 Å². The number of rotatable bonds is 6. The fourth-order valence-electron chi connectivity index (χ4n) is 2.35. The third kappa shape index (κ3) is 4.25. The molecule has 0 saturated heterocycles. The smallest absolute Gasteiger partial charge is 0.238 e. The van der Waals surface area contributed by atoms with Gasteiger partial charge >= 0.3 is 0 Å². The number of hydrogen-bond donors (Lipinski definition) is 1. The summed E-state index contributed by atoms with van der Waals surface area (Å²) in [7, 11) is 0.0477. The summed E-state index contributed by atoms with van der Waals surface area (Å²) in [5, 5.41) is 14.4. The van der Waals surface area contributed by atoms with E-state index < -0.39 is 10.0 Å². The molecule has 0 heterocycles. The van der Waals surface area contributed by atoms with Gasteiger partial charge in [-0.3, -0.25) is 0 Å². The molecule has 0 aliphatic heterocycles. The topological polar surface area (TPSA) is 90.4 Å². The van der Waals surface area contributed by atoms with E-state index in [2.05, 4.69) is 4.90 Å². The average Bonchev–Trinajstić information content (AvgIpc) is 2.58. The predicted octanol–water partition coefficient (Wildman–Crippen LogP) is 1.78. The van der Waals surface area contributed by atoms with Crippen LogP contribution in [0.3, 0.4) is 0 Å². The zero-order valence-corrected chi connectivity index (χ0v) is 14.5. The number of nitrogens with two attached hydrogens (primary N) is 1. The maximum atomic E-state index is 11.4. The lowest BCUT2D eigenvalue weighted by atomic mass is 10.2. The van der Waals surface area contributed by atoms with Crippen molar-refractivity contribution in [3.63, 3.8) is 0 Å². The van der Waals surface area contributed by atoms with E-state index in [9.17, 15) is 13.7 Å². The zero-order chi connectivity index (χ0) is 17.7. The molecule has 2 aromatic rings. The summed E-state index contributed by atoms with van der Waals surface area (Å²) in [5.74, 6) is 0. The van der Waals surface area contributed by atoms with E-state index in [0.717, 1.165) is 12.2 Å². The highest BCUT2D eigenvalue weighted by Crippen LogP contribution is 2.22. The van der Waals surface area contributed by atoms with Crippen molar-refractivity contribution in [2.45, 2.75) is 4.90 Å². The predicted molar refractivity (Wildman–Crippen MR) is 95.5 cm³/mol. The Bertz CT molecular complexity index is 845. The highest BCUT2D eigenvalue weighted by molar-refractivity contribution is 7.89. The van der Waals surface area contributed by atoms with Gasteiger partial charge in [0, 0.05) is 32.9 Å². The lowest BCUT2D eigenvalue weighted by Gasteiger charge is -2.25. The number of nitriles is 1. The lowest BCUT2D eigenvalue weighted by Crippen LogP contribution is -2.31. The molecule has 0 bridgehead atoms. The van der Waals surface area contributed by atoms with Gasteiger partial charge in [0.1, 0.15) is 6.07 Å². The lowest BCUT2D eigenvalue weighted by molar-refractivity contribution is 0.598. The number of primary sulfonamides is 1. The summed E-state index contributed by atoms with van der Waals surface area (Å²) >= 11 is 0. The van der Waals surface area contributed by atoms with Gasteiger partial charge < -0.3 is 9.80 Å². The maximum absolute atomic E-state index is 11.4. The van der Waals surface area contributed by atoms with Gasteiger partial charge in [0.25, 0.3) is 0 Å². The van der Waals surface area contributed by atoms with E-state index >= 15 is 0 Å². The molecular weight excluding hydrogens is 324 g/mol. The fraction of sp³-hybridized carbons (Fsp3) is 0.235. The fourth-order valence-corrected chi connectivity index (χ4v) is 2.89. The van der Waals surface area contributed by atoms with Crippen LogP contribution in [-0.4, -0.2) is 35.6 Å². The Hall–Kier alpha value is -2.56. The van der Waals surface area contributed by atoms with Gasteiger partial charge in [0.2, 0.25) is 10.0 Å². The van der Waals surface area contributed by atoms with E-state index in [-0.39, 0.29) is 10.5 Å². The van der Waals surface area contributed by atoms with E-state index in [1.54, 1.807) is 6.07 Å². The highest BCUT2D eigenvalue weighted by Gasteiger charge is 2.14. The van der Waals surface area contributed by atoms with Crippen molar-refractivity contribution in [2.24, 2.45) is 5.14 Å². The van der Waals surface area contributed by atoms with Gasteiger partial charge in [0.05, 0.1) is 16.1 Å². The molecule has 6 nitrogen and oxygen atoms in total. The number of sulfonamides is 1. The molecule has 0 aliphatic rings. The number of hydrogen-bond acceptors (Lipinski definition) is 5. The van der Waals surface area contributed by atoms with Gasteiger partial charge in [0.15, 0.2) is 0 Å². The van der Waals surface area contributed by atoms with Crippen molar-refractivity contribution in [2.75, 3.05) is 37.0 Å². The van der Waals surface area contributed by atoms with Gasteiger partial charge in [-0.25, -0.2) is 13.6 Å². The molecule has 126 valence electrons. The molecule has 0 fully saturated rings. The largest absolute Gasteiger partial charge is 0.373 e. The van der Waals surface area contributed by atoms with Crippen molar-refractivity contribution < 1.29 is 8.42 Å². The number of anilines is 2. The minimum Gasteiger partial charge on any atom is -0.373 e. The molecule has 0 aromatic heterocycles. The van der Waals surface area contributed by atoms with Crippen LogP contribution < -0.4 is 14.9 Å². The summed E-state index contributed by atoms with van der Waals surface area (Å²) in [6, 6.07) is 16.4. The molecule has 24 heavy (non-hydrogen) atoms. The van der Waals surface area contributed by atoms with Crippen molar-refractivity contribution >= 4 is 21.4 Å². The van der Waals surface area contributed by atoms with Crippen LogP contribution in [0, 0.1) is 11.3 Å². The third-order valence-electron chi connectivity index (χ3n) is 3.80. The second kappa shape index (κ2) is 7.34. The number of nitrogens with zero attached hydrogens (tertiary/aromatic N) is 3. The molecule has 2 aromatic carbocycles. The van der Waals surface area contributed by atoms with Crippen molar-refractivity contribution in [3.8, 4) is 6.07 Å². The Kier molecular flexibility index (Phi) is 5.44. The summed E-state index contributed by atoms with van der Waals surface area (Å²) in [5.41, 5.74) is 2.06. The second-order valence-corrected chi connectivity index (χ2v) is 7.08. The highest BCUT2D eigenvalue weighted by atomic mass is 32.2. The zero-order valence-electron chi connectivity index (χ0n) is 13.7. The van der Waals surface area contributed by atoms with Gasteiger partial charge in [-0.1, -0.05) is 18.2 Å². The molecule has 0 amide bonds. The summed E-state index contributed by atoms with van der Waals surface area (Å²) < 4.78 is 22.8. The molecular formula is C17H20N4O2S. The van der Waals surface area contributed by atoms with Crippen LogP contribution in [0.4, 0.5) is 11.4 Å². The molecule has 0 unspecified atom stereocenters. The first kappa shape index (κ1) is 17.8. The first-order chi connectivity index (χ1) is 11.3. The standard InChI is InChI=1S/C17H20N4O2S/c1-20(15-6-4-3-5-7-15)10-11-21(2)17-9-8-16(24(19,22)23)12-14(17)13-18/h3-9,12H,10-11H2,1-2H3,(H2,19,22,23). The first-order valence-electron chi connectivity index (χ1n) is 7.37. The molecule has 0 radical (unpaired) electrons. The van der Waals surface area contributed by atoms with Gasteiger partial charge in [-0.2, -0.15) is 5.26 Å². The molecule has 2 rings (SSSR count). The third-order valence-corrected chi connectivity index (χ3v) is 4.71. The van der Waals surface area contributed by atoms with Crippen molar-refractivity contribution in [1.82, 2.24) is 0 Å². The van der Waals surface area contributed by atoms with E-state index in [4.69, 9.17) is 5.14 Å². The van der Waals surface area contributed by atoms with Crippen LogP contribution >= 0.6 is 0 Å². The number of likely N-dealkylation sites (N-methyl/N-ethyl adjacent to an activating group) is 2. The Morgan fingerprint density at radius 2 is 1.67 bits per heavy atom. The van der Waals surface area contributed by atoms with Gasteiger partial charge in [-0.05, 0) is 30.3 Å². The van der Waals surface area contributed by atoms with Crippen LogP contribution in [0.25, 0.3) is 0 Å². The SMILES string of the molecule is CN(CCN(C)c1ccc(S(N)(=O)=O)cc1C#N)c1ccccc1. The Morgan fingerprint density at radius 1 is 1.04 bits per heavy atom. The van der Waals surface area contributed by atoms with E-state index in [0.29, 0.717) is 12.2 Å². The number of para-hydroxylation sites is 1.